The summed E-state index contributed by atoms with van der Waals surface area (Å²) in [5, 5.41) is 4.99. The Morgan fingerprint density at radius 2 is 1.62 bits per heavy atom. The minimum absolute atomic E-state index is 0.184. The van der Waals surface area contributed by atoms with Crippen molar-refractivity contribution in [3.8, 4) is 34.1 Å². The number of carbonyl (C=O) groups excluding carboxylic acids is 1. The van der Waals surface area contributed by atoms with Crippen molar-refractivity contribution in [2.45, 2.75) is 6.61 Å². The smallest absolute Gasteiger partial charge is 0.339 e. The Bertz CT molecular complexity index is 1170. The van der Waals surface area contributed by atoms with Crippen molar-refractivity contribution in [1.29, 1.82) is 0 Å². The lowest BCUT2D eigenvalue weighted by Gasteiger charge is -2.18. The summed E-state index contributed by atoms with van der Waals surface area (Å²) < 4.78 is 27.4. The van der Waals surface area contributed by atoms with Gasteiger partial charge in [0.15, 0.2) is 23.0 Å². The molecule has 3 aromatic rings. The number of anilines is 1. The third-order valence-electron chi connectivity index (χ3n) is 5.38. The van der Waals surface area contributed by atoms with Crippen LogP contribution in [-0.4, -0.2) is 34.0 Å². The predicted octanol–water partition coefficient (Wildman–Crippen LogP) is 3.96. The standard InChI is InChI=1S/C22H19NO6/c1-23-21-13-8-17(26-3)16(25-2)7-12(13)19(20-14(21)9-27-22(20)24)11-4-5-15-18(6-11)29-10-28-15/h4-8,23H,9-10H2,1-3H3. The minimum atomic E-state index is -0.346. The molecule has 7 nitrogen and oxygen atoms in total. The van der Waals surface area contributed by atoms with Crippen molar-refractivity contribution < 1.29 is 28.5 Å². The topological polar surface area (TPSA) is 75.3 Å². The number of hydrogen-bond donors (Lipinski definition) is 1. The molecule has 0 amide bonds. The molecule has 0 aromatic heterocycles. The Labute approximate surface area is 167 Å². The summed E-state index contributed by atoms with van der Waals surface area (Å²) in [6.07, 6.45) is 0. The van der Waals surface area contributed by atoms with Gasteiger partial charge in [-0.15, -0.1) is 0 Å². The molecule has 148 valence electrons. The summed E-state index contributed by atoms with van der Waals surface area (Å²) in [6, 6.07) is 9.46. The first kappa shape index (κ1) is 17.5. The van der Waals surface area contributed by atoms with Gasteiger partial charge in [0, 0.05) is 29.2 Å². The number of hydrogen-bond acceptors (Lipinski definition) is 7. The third kappa shape index (κ3) is 2.47. The molecule has 0 bridgehead atoms. The van der Waals surface area contributed by atoms with Crippen LogP contribution in [0.3, 0.4) is 0 Å². The van der Waals surface area contributed by atoms with Gasteiger partial charge in [0.05, 0.1) is 19.8 Å². The number of rotatable bonds is 4. The maximum absolute atomic E-state index is 12.7. The van der Waals surface area contributed by atoms with Crippen molar-refractivity contribution in [1.82, 2.24) is 0 Å². The average molecular weight is 393 g/mol. The fourth-order valence-corrected chi connectivity index (χ4v) is 4.08. The van der Waals surface area contributed by atoms with E-state index in [0.717, 1.165) is 33.2 Å². The average Bonchev–Trinajstić information content (AvgIpc) is 3.37. The highest BCUT2D eigenvalue weighted by Gasteiger charge is 2.32. The Kier molecular flexibility index (Phi) is 3.91. The van der Waals surface area contributed by atoms with Crippen LogP contribution < -0.4 is 24.3 Å². The number of esters is 1. The van der Waals surface area contributed by atoms with Gasteiger partial charge >= 0.3 is 5.97 Å². The van der Waals surface area contributed by atoms with Gasteiger partial charge < -0.3 is 29.0 Å². The van der Waals surface area contributed by atoms with E-state index in [4.69, 9.17) is 23.7 Å². The molecular weight excluding hydrogens is 374 g/mol. The minimum Gasteiger partial charge on any atom is -0.493 e. The number of fused-ring (bicyclic) bond motifs is 3. The van der Waals surface area contributed by atoms with Crippen molar-refractivity contribution in [3.05, 3.63) is 41.5 Å². The summed E-state index contributed by atoms with van der Waals surface area (Å²) in [5.41, 5.74) is 3.82. The molecule has 1 N–H and O–H groups in total. The Morgan fingerprint density at radius 3 is 2.34 bits per heavy atom. The number of benzene rings is 3. The normalized spacial score (nSPS) is 14.0. The van der Waals surface area contributed by atoms with Crippen LogP contribution in [0.25, 0.3) is 21.9 Å². The van der Waals surface area contributed by atoms with Crippen LogP contribution in [0.15, 0.2) is 30.3 Å². The van der Waals surface area contributed by atoms with E-state index in [1.54, 1.807) is 14.2 Å². The number of nitrogens with one attached hydrogen (secondary N) is 1. The van der Waals surface area contributed by atoms with Crippen molar-refractivity contribution in [2.75, 3.05) is 33.4 Å². The van der Waals surface area contributed by atoms with E-state index < -0.39 is 0 Å². The van der Waals surface area contributed by atoms with Gasteiger partial charge in [0.1, 0.15) is 6.61 Å². The van der Waals surface area contributed by atoms with Crippen LogP contribution in [0, 0.1) is 0 Å². The maximum atomic E-state index is 12.7. The SMILES string of the molecule is CNc1c2c(c(-c3ccc4c(c3)OCO4)c3cc(OC)c(OC)cc13)C(=O)OC2. The monoisotopic (exact) mass is 393 g/mol. The van der Waals surface area contributed by atoms with Gasteiger partial charge in [-0.1, -0.05) is 6.07 Å². The molecule has 5 rings (SSSR count). The second kappa shape index (κ2) is 6.48. The van der Waals surface area contributed by atoms with Gasteiger partial charge in [0.2, 0.25) is 6.79 Å². The van der Waals surface area contributed by atoms with Gasteiger partial charge in [-0.2, -0.15) is 0 Å². The van der Waals surface area contributed by atoms with Gasteiger partial charge in [-0.3, -0.25) is 0 Å². The molecule has 0 aliphatic carbocycles. The molecular formula is C22H19NO6. The highest BCUT2D eigenvalue weighted by atomic mass is 16.7. The van der Waals surface area contributed by atoms with Crippen LogP contribution in [0.2, 0.25) is 0 Å². The third-order valence-corrected chi connectivity index (χ3v) is 5.38. The van der Waals surface area contributed by atoms with Crippen molar-refractivity contribution in [2.24, 2.45) is 0 Å². The lowest BCUT2D eigenvalue weighted by Crippen LogP contribution is -2.03. The molecule has 0 saturated heterocycles. The molecule has 29 heavy (non-hydrogen) atoms. The summed E-state index contributed by atoms with van der Waals surface area (Å²) in [6.45, 7) is 0.398. The molecule has 0 unspecified atom stereocenters. The van der Waals surface area contributed by atoms with E-state index in [0.29, 0.717) is 28.6 Å². The lowest BCUT2D eigenvalue weighted by atomic mass is 9.88. The van der Waals surface area contributed by atoms with Crippen LogP contribution in [0.4, 0.5) is 5.69 Å². The van der Waals surface area contributed by atoms with Gasteiger partial charge in [-0.25, -0.2) is 4.79 Å². The van der Waals surface area contributed by atoms with Crippen LogP contribution in [0.1, 0.15) is 15.9 Å². The van der Waals surface area contributed by atoms with E-state index in [-0.39, 0.29) is 19.4 Å². The molecule has 0 spiro atoms. The maximum Gasteiger partial charge on any atom is 0.339 e. The fourth-order valence-electron chi connectivity index (χ4n) is 4.08. The summed E-state index contributed by atoms with van der Waals surface area (Å²) >= 11 is 0. The molecule has 2 heterocycles. The number of ether oxygens (including phenoxy) is 5. The van der Waals surface area contributed by atoms with E-state index in [9.17, 15) is 4.79 Å². The molecule has 0 saturated carbocycles. The second-order valence-electron chi connectivity index (χ2n) is 6.75. The van der Waals surface area contributed by atoms with E-state index in [1.165, 1.54) is 0 Å². The summed E-state index contributed by atoms with van der Waals surface area (Å²) in [4.78, 5) is 12.7. The summed E-state index contributed by atoms with van der Waals surface area (Å²) in [7, 11) is 5.01. The Hall–Kier alpha value is -3.61. The number of carbonyl (C=O) groups is 1. The number of methoxy groups -OCH3 is 2. The van der Waals surface area contributed by atoms with Crippen molar-refractivity contribution in [3.63, 3.8) is 0 Å². The van der Waals surface area contributed by atoms with Crippen molar-refractivity contribution >= 4 is 22.4 Å². The van der Waals surface area contributed by atoms with Crippen LogP contribution >= 0.6 is 0 Å². The van der Waals surface area contributed by atoms with Gasteiger partial charge in [0.25, 0.3) is 0 Å². The van der Waals surface area contributed by atoms with Crippen LogP contribution in [0.5, 0.6) is 23.0 Å². The summed E-state index contributed by atoms with van der Waals surface area (Å²) in [5.74, 6) is 2.17. The molecule has 0 fully saturated rings. The largest absolute Gasteiger partial charge is 0.493 e. The highest BCUT2D eigenvalue weighted by molar-refractivity contribution is 6.16. The molecule has 2 aliphatic rings. The molecule has 7 heteroatoms. The first-order chi connectivity index (χ1) is 14.2. The Balaban J connectivity index is 1.91. The predicted molar refractivity (Wildman–Crippen MR) is 107 cm³/mol. The Morgan fingerprint density at radius 1 is 0.897 bits per heavy atom. The molecule has 3 aromatic carbocycles. The fraction of sp³-hybridized carbons (Fsp3) is 0.227. The zero-order valence-corrected chi connectivity index (χ0v) is 16.3. The lowest BCUT2D eigenvalue weighted by molar-refractivity contribution is 0.0536. The highest BCUT2D eigenvalue weighted by Crippen LogP contribution is 2.48. The van der Waals surface area contributed by atoms with E-state index in [2.05, 4.69) is 5.32 Å². The van der Waals surface area contributed by atoms with Crippen LogP contribution in [-0.2, 0) is 11.3 Å². The van der Waals surface area contributed by atoms with Gasteiger partial charge in [-0.05, 0) is 35.2 Å². The molecule has 0 atom stereocenters. The van der Waals surface area contributed by atoms with E-state index >= 15 is 0 Å². The second-order valence-corrected chi connectivity index (χ2v) is 6.75. The first-order valence-corrected chi connectivity index (χ1v) is 9.15. The zero-order valence-electron chi connectivity index (χ0n) is 16.3. The first-order valence-electron chi connectivity index (χ1n) is 9.15. The quantitative estimate of drug-likeness (QED) is 0.673. The zero-order chi connectivity index (χ0) is 20.1. The molecule has 0 radical (unpaired) electrons. The number of cyclic esters (lactones) is 1. The van der Waals surface area contributed by atoms with E-state index in [1.807, 2.05) is 37.4 Å². The molecule has 2 aliphatic heterocycles.